The van der Waals surface area contributed by atoms with Crippen molar-refractivity contribution in [3.8, 4) is 5.75 Å². The quantitative estimate of drug-likeness (QED) is 0.248. The first-order chi connectivity index (χ1) is 16.9. The number of nitrogens with zero attached hydrogens (tertiary/aromatic N) is 4. The second-order valence-electron chi connectivity index (χ2n) is 8.45. The fourth-order valence-electron chi connectivity index (χ4n) is 3.67. The van der Waals surface area contributed by atoms with Crippen molar-refractivity contribution in [2.75, 3.05) is 24.2 Å². The molecule has 2 aromatic heterocycles. The van der Waals surface area contributed by atoms with E-state index >= 15 is 4.39 Å². The van der Waals surface area contributed by atoms with Crippen LogP contribution < -0.4 is 16.0 Å². The molecule has 194 valence electrons. The highest BCUT2D eigenvalue weighted by Crippen LogP contribution is 2.53. The molecule has 4 rings (SSSR count). The number of ketones is 1. The van der Waals surface area contributed by atoms with Crippen LogP contribution in [0.25, 0.3) is 5.65 Å². The molecule has 0 spiro atoms. The first kappa shape index (κ1) is 26.4. The zero-order valence-corrected chi connectivity index (χ0v) is 21.8. The second kappa shape index (κ2) is 10.0. The number of para-hydroxylation sites is 1. The first-order valence-corrected chi connectivity index (χ1v) is 13.4. The number of fused-ring (bicyclic) bond motifs is 1. The number of Topliss-reactive ketones (excluding diaryl/α,β-unsaturated/α-hetero) is 1. The van der Waals surface area contributed by atoms with Crippen LogP contribution in [-0.2, 0) is 18.6 Å². The summed E-state index contributed by atoms with van der Waals surface area (Å²) in [5.41, 5.74) is 11.7. The fraction of sp³-hybridized carbons (Fsp3) is 0.429. The number of carbonyl (C=O) groups excluding carboxylic acids is 1. The van der Waals surface area contributed by atoms with E-state index in [1.807, 2.05) is 0 Å². The van der Waals surface area contributed by atoms with Crippen LogP contribution in [0, 0.1) is 5.92 Å². The molecule has 1 aliphatic rings. The number of aliphatic hydroxyl groups is 1. The molecule has 1 aliphatic heterocycles. The van der Waals surface area contributed by atoms with Crippen molar-refractivity contribution in [1.82, 2.24) is 19.6 Å². The lowest BCUT2D eigenvalue weighted by atomic mass is 10.1. The maximum atomic E-state index is 15.7. The van der Waals surface area contributed by atoms with Crippen LogP contribution >= 0.6 is 23.5 Å². The number of benzene rings is 1. The number of ether oxygens (including phenoxy) is 1. The molecular formula is C21H25BrFN6O6P. The van der Waals surface area contributed by atoms with Crippen LogP contribution in [0.1, 0.15) is 25.6 Å². The summed E-state index contributed by atoms with van der Waals surface area (Å²) < 4.78 is 45.0. The molecular weight excluding hydrogens is 562 g/mol. The Morgan fingerprint density at radius 2 is 2.08 bits per heavy atom. The van der Waals surface area contributed by atoms with Gasteiger partial charge in [0.1, 0.15) is 29.8 Å². The van der Waals surface area contributed by atoms with E-state index in [0.29, 0.717) is 0 Å². The number of nitrogen functional groups attached to an aromatic ring is 2. The van der Waals surface area contributed by atoms with Gasteiger partial charge in [-0.05, 0) is 35.0 Å². The number of hydrogen-bond donors (Lipinski definition) is 3. The Balaban J connectivity index is 1.57. The lowest BCUT2D eigenvalue weighted by Crippen LogP contribution is -2.37. The van der Waals surface area contributed by atoms with Crippen molar-refractivity contribution in [3.05, 3.63) is 42.2 Å². The van der Waals surface area contributed by atoms with Gasteiger partial charge < -0.3 is 25.8 Å². The summed E-state index contributed by atoms with van der Waals surface area (Å²) in [7, 11) is -3.92. The van der Waals surface area contributed by atoms with E-state index in [1.165, 1.54) is 17.6 Å². The zero-order chi connectivity index (χ0) is 26.3. The highest BCUT2D eigenvalue weighted by Gasteiger charge is 2.58. The lowest BCUT2D eigenvalue weighted by molar-refractivity contribution is -0.119. The number of rotatable bonds is 9. The molecule has 6 atom stereocenters. The van der Waals surface area contributed by atoms with Gasteiger partial charge in [-0.1, -0.05) is 25.1 Å². The molecule has 0 aliphatic carbocycles. The van der Waals surface area contributed by atoms with Gasteiger partial charge in [0.25, 0.3) is 0 Å². The second-order valence-corrected chi connectivity index (χ2v) is 11.7. The van der Waals surface area contributed by atoms with Crippen LogP contribution in [0.5, 0.6) is 5.75 Å². The van der Waals surface area contributed by atoms with Crippen LogP contribution in [0.15, 0.2) is 36.5 Å². The average Bonchev–Trinajstić information content (AvgIpc) is 3.31. The Kier molecular flexibility index (Phi) is 7.35. The Morgan fingerprint density at radius 3 is 2.75 bits per heavy atom. The molecule has 0 saturated carbocycles. The van der Waals surface area contributed by atoms with Gasteiger partial charge in [-0.3, -0.25) is 9.32 Å². The van der Waals surface area contributed by atoms with E-state index < -0.39 is 43.0 Å². The van der Waals surface area contributed by atoms with Crippen LogP contribution in [0.2, 0.25) is 0 Å². The smallest absolute Gasteiger partial charge is 0.379 e. The Bertz CT molecular complexity index is 1310. The van der Waals surface area contributed by atoms with E-state index in [0.717, 1.165) is 0 Å². The summed E-state index contributed by atoms with van der Waals surface area (Å²) in [6.45, 7) is 2.46. The van der Waals surface area contributed by atoms with Gasteiger partial charge in [0.05, 0.1) is 24.7 Å². The van der Waals surface area contributed by atoms with Gasteiger partial charge in [0, 0.05) is 5.92 Å². The summed E-state index contributed by atoms with van der Waals surface area (Å²) in [5, 5.41) is 14.7. The zero-order valence-electron chi connectivity index (χ0n) is 19.3. The largest absolute Gasteiger partial charge is 0.424 e. The van der Waals surface area contributed by atoms with Crippen molar-refractivity contribution in [2.24, 2.45) is 5.92 Å². The van der Waals surface area contributed by atoms with E-state index in [9.17, 15) is 14.5 Å². The minimum Gasteiger partial charge on any atom is -0.424 e. The molecule has 3 aromatic rings. The number of anilines is 2. The molecule has 12 nitrogen and oxygen atoms in total. The van der Waals surface area contributed by atoms with Crippen molar-refractivity contribution in [3.63, 3.8) is 0 Å². The summed E-state index contributed by atoms with van der Waals surface area (Å²) in [5.74, 6) is -0.764. The highest BCUT2D eigenvalue weighted by molar-refractivity contribution is 9.10. The standard InChI is InChI=1S/C21H25BrFN6O6P/c1-11(12(2)30)10-36(32,35-13-6-4-3-5-7-13)33-9-15-16(31)21(22,23)17(34-15)14-8-26-19-18(24)27-20(25)28-29(14)19/h3-8,11,15-17,31H,9-10H2,1-2H3,(H4,24,25,27,28)/t11-,15-,16+,17+,21?,36?/m1/s1. The molecule has 0 bridgehead atoms. The Morgan fingerprint density at radius 1 is 1.39 bits per heavy atom. The third-order valence-electron chi connectivity index (χ3n) is 5.72. The maximum Gasteiger partial charge on any atom is 0.379 e. The third kappa shape index (κ3) is 5.23. The molecule has 1 aromatic carbocycles. The van der Waals surface area contributed by atoms with Gasteiger partial charge in [0.15, 0.2) is 11.5 Å². The molecule has 2 unspecified atom stereocenters. The average molecular weight is 587 g/mol. The summed E-state index contributed by atoms with van der Waals surface area (Å²) in [4.78, 5) is 19.7. The first-order valence-electron chi connectivity index (χ1n) is 10.9. The molecule has 0 radical (unpaired) electrons. The predicted octanol–water partition coefficient (Wildman–Crippen LogP) is 2.66. The minimum atomic E-state index is -3.92. The molecule has 1 saturated heterocycles. The highest BCUT2D eigenvalue weighted by atomic mass is 79.9. The van der Waals surface area contributed by atoms with Gasteiger partial charge in [-0.2, -0.15) is 4.98 Å². The number of hydrogen-bond acceptors (Lipinski definition) is 11. The minimum absolute atomic E-state index is 0.0233. The number of halogens is 2. The Labute approximate surface area is 213 Å². The number of nitrogens with two attached hydrogens (primary N) is 2. The Hall–Kier alpha value is -2.64. The molecule has 1 fully saturated rings. The van der Waals surface area contributed by atoms with E-state index in [2.05, 4.69) is 31.0 Å². The molecule has 5 N–H and O–H groups in total. The third-order valence-corrected chi connectivity index (χ3v) is 8.63. The fourth-order valence-corrected chi connectivity index (χ4v) is 6.28. The van der Waals surface area contributed by atoms with Gasteiger partial charge in [0.2, 0.25) is 10.5 Å². The van der Waals surface area contributed by atoms with Crippen molar-refractivity contribution >= 4 is 46.7 Å². The van der Waals surface area contributed by atoms with Crippen molar-refractivity contribution in [2.45, 2.75) is 36.7 Å². The SMILES string of the molecule is CC(=O)[C@H](C)CP(=O)(OC[C@H]1O[C@@H](c2cnc3c(N)nc(N)nn23)C(F)(Br)[C@H]1O)Oc1ccccc1. The molecule has 36 heavy (non-hydrogen) atoms. The lowest BCUT2D eigenvalue weighted by Gasteiger charge is -2.24. The predicted molar refractivity (Wildman–Crippen MR) is 131 cm³/mol. The normalized spacial score (nSPS) is 26.5. The number of aliphatic hydroxyl groups excluding tert-OH is 1. The number of aromatic nitrogens is 4. The van der Waals surface area contributed by atoms with Gasteiger partial charge >= 0.3 is 7.60 Å². The number of imidazole rings is 1. The summed E-state index contributed by atoms with van der Waals surface area (Å²) in [6.07, 6.45) is -3.40. The number of carbonyl (C=O) groups is 1. The molecule has 15 heteroatoms. The molecule has 3 heterocycles. The summed E-state index contributed by atoms with van der Waals surface area (Å²) >= 11 is 2.90. The van der Waals surface area contributed by atoms with Gasteiger partial charge in [-0.15, -0.1) is 5.10 Å². The monoisotopic (exact) mass is 586 g/mol. The van der Waals surface area contributed by atoms with Gasteiger partial charge in [-0.25, -0.2) is 18.5 Å². The van der Waals surface area contributed by atoms with Crippen molar-refractivity contribution < 1.29 is 32.6 Å². The molecule has 0 amide bonds. The topological polar surface area (TPSA) is 177 Å². The number of alkyl halides is 2. The van der Waals surface area contributed by atoms with Crippen LogP contribution in [0.4, 0.5) is 16.2 Å². The van der Waals surface area contributed by atoms with E-state index in [1.54, 1.807) is 37.3 Å². The van der Waals surface area contributed by atoms with Crippen LogP contribution in [-0.4, -0.2) is 60.0 Å². The summed E-state index contributed by atoms with van der Waals surface area (Å²) in [6, 6.07) is 8.29. The van der Waals surface area contributed by atoms with E-state index in [-0.39, 0.29) is 40.8 Å². The van der Waals surface area contributed by atoms with E-state index in [4.69, 9.17) is 25.3 Å². The van der Waals surface area contributed by atoms with Crippen molar-refractivity contribution in [1.29, 1.82) is 0 Å². The van der Waals surface area contributed by atoms with Crippen LogP contribution in [0.3, 0.4) is 0 Å². The maximum absolute atomic E-state index is 15.7.